The van der Waals surface area contributed by atoms with E-state index >= 15 is 0 Å². The maximum absolute atomic E-state index is 14.4. The zero-order chi connectivity index (χ0) is 39.5. The molecule has 2 unspecified atom stereocenters. The van der Waals surface area contributed by atoms with Crippen molar-refractivity contribution in [2.45, 2.75) is 88.9 Å². The van der Waals surface area contributed by atoms with Gasteiger partial charge >= 0.3 is 6.03 Å². The number of nitrogens with one attached hydrogen (secondary N) is 1. The van der Waals surface area contributed by atoms with Gasteiger partial charge in [0.05, 0.1) is 28.9 Å². The zero-order valence-corrected chi connectivity index (χ0v) is 32.6. The van der Waals surface area contributed by atoms with Crippen LogP contribution in [0.25, 0.3) is 0 Å². The largest absolute Gasteiger partial charge is 0.411 e. The first-order chi connectivity index (χ1) is 26.4. The lowest BCUT2D eigenvalue weighted by Gasteiger charge is -2.35. The fourth-order valence-electron chi connectivity index (χ4n) is 7.43. The number of nitrogens with zero attached hydrogens (tertiary/aromatic N) is 6. The standard InChI is InChI=1S/C40H53N7O7S/c1-4-28(2)38(47-21-20-45(40(47)50)25-33-18-19-41-35(23-33)29(3)44-52)39(49)43-36(22-30-10-6-5-7-11-30)37(48)27-46(26-32-12-8-9-13-32)55(53,54)34-16-14-31(15-17-34)24-42-51/h5-7,10-11,14-19,23-24,28,32,36-38,48,51-52H,4,8-9,12-13,20-22,25-27H2,1-3H3,(H,43,49)/b42-24+,44-29+/t28?,36-,37+,38?/m0/s1. The fraction of sp³-hybridized carbons (Fsp3) is 0.475. The van der Waals surface area contributed by atoms with Crippen molar-refractivity contribution in [3.8, 4) is 0 Å². The molecule has 15 heteroatoms. The Bertz CT molecular complexity index is 1900. The highest BCUT2D eigenvalue weighted by Gasteiger charge is 2.41. The van der Waals surface area contributed by atoms with Crippen LogP contribution in [0.1, 0.15) is 75.3 Å². The van der Waals surface area contributed by atoms with Gasteiger partial charge < -0.3 is 30.6 Å². The van der Waals surface area contributed by atoms with Crippen LogP contribution in [0.4, 0.5) is 4.79 Å². The van der Waals surface area contributed by atoms with Crippen molar-refractivity contribution < 1.29 is 33.5 Å². The Morgan fingerprint density at radius 1 is 1.05 bits per heavy atom. The average molecular weight is 776 g/mol. The molecule has 14 nitrogen and oxygen atoms in total. The number of sulfonamides is 1. The Kier molecular flexibility index (Phi) is 14.4. The zero-order valence-electron chi connectivity index (χ0n) is 31.7. The van der Waals surface area contributed by atoms with Crippen molar-refractivity contribution >= 4 is 33.9 Å². The maximum Gasteiger partial charge on any atom is 0.321 e. The summed E-state index contributed by atoms with van der Waals surface area (Å²) < 4.78 is 29.7. The monoisotopic (exact) mass is 775 g/mol. The molecule has 296 valence electrons. The van der Waals surface area contributed by atoms with Crippen molar-refractivity contribution in [1.29, 1.82) is 0 Å². The van der Waals surface area contributed by atoms with Crippen LogP contribution in [0.3, 0.4) is 0 Å². The molecule has 2 fully saturated rings. The Labute approximate surface area is 323 Å². The first-order valence-corrected chi connectivity index (χ1v) is 20.4. The number of oxime groups is 2. The Balaban J connectivity index is 1.39. The van der Waals surface area contributed by atoms with Gasteiger partial charge in [-0.25, -0.2) is 13.2 Å². The smallest absolute Gasteiger partial charge is 0.321 e. The molecule has 2 aliphatic rings. The lowest BCUT2D eigenvalue weighted by atomic mass is 9.95. The quantitative estimate of drug-likeness (QED) is 0.0813. The third-order valence-corrected chi connectivity index (χ3v) is 12.6. The summed E-state index contributed by atoms with van der Waals surface area (Å²) in [5, 5.41) is 39.4. The molecule has 1 saturated carbocycles. The predicted octanol–water partition coefficient (Wildman–Crippen LogP) is 4.71. The molecule has 1 aliphatic carbocycles. The number of hydrogen-bond donors (Lipinski definition) is 4. The summed E-state index contributed by atoms with van der Waals surface area (Å²) in [4.78, 5) is 35.9. The summed E-state index contributed by atoms with van der Waals surface area (Å²) in [7, 11) is -4.07. The number of pyridine rings is 1. The topological polar surface area (TPSA) is 188 Å². The number of hydrogen-bond acceptors (Lipinski definition) is 10. The van der Waals surface area contributed by atoms with E-state index in [1.807, 2.05) is 44.2 Å². The van der Waals surface area contributed by atoms with Gasteiger partial charge in [0.2, 0.25) is 15.9 Å². The summed E-state index contributed by atoms with van der Waals surface area (Å²) in [6.45, 7) is 6.46. The fourth-order valence-corrected chi connectivity index (χ4v) is 8.96. The lowest BCUT2D eigenvalue weighted by molar-refractivity contribution is -0.128. The molecule has 1 saturated heterocycles. The molecule has 3 amide bonds. The first kappa shape index (κ1) is 41.3. The first-order valence-electron chi connectivity index (χ1n) is 18.9. The molecular weight excluding hydrogens is 723 g/mol. The number of aliphatic hydroxyl groups excluding tert-OH is 1. The van der Waals surface area contributed by atoms with Crippen LogP contribution in [-0.2, 0) is 27.8 Å². The number of benzene rings is 2. The normalized spacial score (nSPS) is 17.9. The van der Waals surface area contributed by atoms with Crippen molar-refractivity contribution in [3.05, 3.63) is 95.3 Å². The molecular formula is C40H53N7O7S. The molecule has 2 heterocycles. The average Bonchev–Trinajstić information content (AvgIpc) is 3.84. The number of urea groups is 1. The minimum Gasteiger partial charge on any atom is -0.411 e. The Hall–Kier alpha value is -4.86. The predicted molar refractivity (Wildman–Crippen MR) is 209 cm³/mol. The number of rotatable bonds is 18. The number of aliphatic hydroxyl groups is 1. The van der Waals surface area contributed by atoms with Gasteiger partial charge in [-0.3, -0.25) is 9.78 Å². The number of amides is 3. The van der Waals surface area contributed by atoms with Crippen molar-refractivity contribution in [3.63, 3.8) is 0 Å². The van der Waals surface area contributed by atoms with Gasteiger partial charge in [-0.15, -0.1) is 0 Å². The second kappa shape index (κ2) is 19.1. The van der Waals surface area contributed by atoms with Crippen LogP contribution in [0.15, 0.2) is 88.1 Å². The second-order valence-electron chi connectivity index (χ2n) is 14.6. The van der Waals surface area contributed by atoms with Crippen LogP contribution >= 0.6 is 0 Å². The highest BCUT2D eigenvalue weighted by molar-refractivity contribution is 7.89. The summed E-state index contributed by atoms with van der Waals surface area (Å²) in [6, 6.07) is 16.9. The highest BCUT2D eigenvalue weighted by atomic mass is 32.2. The molecule has 1 aliphatic heterocycles. The second-order valence-corrected chi connectivity index (χ2v) is 16.6. The molecule has 1 aromatic heterocycles. The van der Waals surface area contributed by atoms with E-state index in [-0.39, 0.29) is 48.8 Å². The van der Waals surface area contributed by atoms with Crippen LogP contribution in [0, 0.1) is 11.8 Å². The van der Waals surface area contributed by atoms with Gasteiger partial charge in [-0.2, -0.15) is 4.31 Å². The maximum atomic E-state index is 14.4. The van der Waals surface area contributed by atoms with E-state index in [0.717, 1.165) is 36.8 Å². The van der Waals surface area contributed by atoms with Crippen molar-refractivity contribution in [2.75, 3.05) is 26.2 Å². The minimum absolute atomic E-state index is 0.0463. The summed E-state index contributed by atoms with van der Waals surface area (Å²) >= 11 is 0. The number of aromatic nitrogens is 1. The third-order valence-electron chi connectivity index (χ3n) is 10.8. The third kappa shape index (κ3) is 10.5. The van der Waals surface area contributed by atoms with Gasteiger partial charge in [0, 0.05) is 38.9 Å². The van der Waals surface area contributed by atoms with E-state index in [1.165, 1.54) is 22.7 Å². The van der Waals surface area contributed by atoms with Gasteiger partial charge in [-0.1, -0.05) is 85.9 Å². The van der Waals surface area contributed by atoms with Crippen molar-refractivity contribution in [1.82, 2.24) is 24.4 Å². The van der Waals surface area contributed by atoms with E-state index in [9.17, 15) is 28.3 Å². The van der Waals surface area contributed by atoms with Gasteiger partial charge in [0.15, 0.2) is 0 Å². The number of carbonyl (C=O) groups excluding carboxylic acids is 2. The molecule has 4 atom stereocenters. The van der Waals surface area contributed by atoms with Crippen LogP contribution in [0.2, 0.25) is 0 Å². The van der Waals surface area contributed by atoms with E-state index in [1.54, 1.807) is 47.2 Å². The van der Waals surface area contributed by atoms with E-state index in [0.29, 0.717) is 36.5 Å². The van der Waals surface area contributed by atoms with E-state index < -0.39 is 34.1 Å². The molecule has 4 N–H and O–H groups in total. The molecule has 0 bridgehead atoms. The molecule has 0 spiro atoms. The van der Waals surface area contributed by atoms with Crippen LogP contribution < -0.4 is 5.32 Å². The number of carbonyl (C=O) groups is 2. The molecule has 55 heavy (non-hydrogen) atoms. The van der Waals surface area contributed by atoms with Crippen LogP contribution in [0.5, 0.6) is 0 Å². The van der Waals surface area contributed by atoms with Gasteiger partial charge in [0.1, 0.15) is 11.8 Å². The summed E-state index contributed by atoms with van der Waals surface area (Å²) in [5.74, 6) is -0.515. The molecule has 3 aromatic rings. The lowest BCUT2D eigenvalue weighted by Crippen LogP contribution is -2.57. The van der Waals surface area contributed by atoms with Gasteiger partial charge in [0.25, 0.3) is 0 Å². The highest BCUT2D eigenvalue weighted by Crippen LogP contribution is 2.29. The molecule has 0 radical (unpaired) electrons. The summed E-state index contributed by atoms with van der Waals surface area (Å²) in [5.41, 5.74) is 3.01. The van der Waals surface area contributed by atoms with Crippen LogP contribution in [-0.4, -0.2) is 111 Å². The minimum atomic E-state index is -4.07. The van der Waals surface area contributed by atoms with E-state index in [2.05, 4.69) is 20.6 Å². The Morgan fingerprint density at radius 2 is 1.76 bits per heavy atom. The molecule has 5 rings (SSSR count). The van der Waals surface area contributed by atoms with Gasteiger partial charge in [-0.05, 0) is 79.0 Å². The molecule has 2 aromatic carbocycles. The van der Waals surface area contributed by atoms with Crippen molar-refractivity contribution in [2.24, 2.45) is 22.1 Å². The summed E-state index contributed by atoms with van der Waals surface area (Å²) in [6.07, 6.45) is 6.13. The van der Waals surface area contributed by atoms with E-state index in [4.69, 9.17) is 5.21 Å². The SMILES string of the molecule is CCC(C)C(C(=O)N[C@@H](Cc1ccccc1)[C@H](O)CN(CC1CCCC1)S(=O)(=O)c1ccc(/C=N/O)cc1)N1CCN(Cc2ccnc(/C(C)=N/O)c2)C1=O. The Morgan fingerprint density at radius 3 is 2.42 bits per heavy atom.